The third-order valence-corrected chi connectivity index (χ3v) is 4.59. The standard InChI is InChI=1S/C18H25N3O3/c1-15-4-6-16(7-5-15)18(14-19,21-10-12-24-13-11-21)9-8-17(22)20(2)23-3/h4-7H,8-13H2,1-3H3. The molecule has 1 aromatic rings. The topological polar surface area (TPSA) is 65.8 Å². The minimum absolute atomic E-state index is 0.141. The molecule has 1 atom stereocenters. The summed E-state index contributed by atoms with van der Waals surface area (Å²) in [6, 6.07) is 10.5. The number of carbonyl (C=O) groups is 1. The van der Waals surface area contributed by atoms with Crippen molar-refractivity contribution < 1.29 is 14.4 Å². The highest BCUT2D eigenvalue weighted by molar-refractivity contribution is 5.75. The number of hydrogen-bond acceptors (Lipinski definition) is 5. The van der Waals surface area contributed by atoms with Crippen LogP contribution < -0.4 is 0 Å². The van der Waals surface area contributed by atoms with Crippen LogP contribution in [0.2, 0.25) is 0 Å². The summed E-state index contributed by atoms with van der Waals surface area (Å²) in [4.78, 5) is 19.2. The first-order valence-corrected chi connectivity index (χ1v) is 8.15. The highest BCUT2D eigenvalue weighted by Gasteiger charge is 2.40. The SMILES string of the molecule is CON(C)C(=O)CCC(C#N)(c1ccc(C)cc1)N1CCOCC1. The first-order valence-electron chi connectivity index (χ1n) is 8.15. The van der Waals surface area contributed by atoms with Crippen LogP contribution in [0.15, 0.2) is 24.3 Å². The summed E-state index contributed by atoms with van der Waals surface area (Å²) in [7, 11) is 3.04. The Morgan fingerprint density at radius 2 is 2.00 bits per heavy atom. The van der Waals surface area contributed by atoms with Crippen molar-refractivity contribution in [1.29, 1.82) is 5.26 Å². The van der Waals surface area contributed by atoms with Crippen molar-refractivity contribution >= 4 is 5.91 Å². The number of hydroxylamine groups is 2. The van der Waals surface area contributed by atoms with E-state index in [-0.39, 0.29) is 12.3 Å². The molecule has 1 aliphatic heterocycles. The van der Waals surface area contributed by atoms with Gasteiger partial charge in [-0.2, -0.15) is 5.26 Å². The molecule has 0 aliphatic carbocycles. The quantitative estimate of drug-likeness (QED) is 0.744. The summed E-state index contributed by atoms with van der Waals surface area (Å²) in [5, 5.41) is 11.3. The van der Waals surface area contributed by atoms with Crippen molar-refractivity contribution in [1.82, 2.24) is 9.96 Å². The molecule has 0 radical (unpaired) electrons. The molecular formula is C18H25N3O3. The van der Waals surface area contributed by atoms with Crippen molar-refractivity contribution in [3.05, 3.63) is 35.4 Å². The maximum absolute atomic E-state index is 12.2. The van der Waals surface area contributed by atoms with Crippen LogP contribution in [0.25, 0.3) is 0 Å². The molecule has 130 valence electrons. The summed E-state index contributed by atoms with van der Waals surface area (Å²) in [6.07, 6.45) is 0.655. The second-order valence-corrected chi connectivity index (χ2v) is 6.01. The largest absolute Gasteiger partial charge is 0.379 e. The van der Waals surface area contributed by atoms with Gasteiger partial charge in [-0.25, -0.2) is 5.06 Å². The second kappa shape index (κ2) is 8.25. The van der Waals surface area contributed by atoms with E-state index in [1.165, 1.54) is 12.2 Å². The molecule has 1 aliphatic rings. The van der Waals surface area contributed by atoms with Gasteiger partial charge < -0.3 is 4.74 Å². The summed E-state index contributed by atoms with van der Waals surface area (Å²) >= 11 is 0. The zero-order valence-corrected chi connectivity index (χ0v) is 14.6. The summed E-state index contributed by atoms with van der Waals surface area (Å²) in [5.74, 6) is -0.141. The minimum atomic E-state index is -0.832. The van der Waals surface area contributed by atoms with E-state index in [0.717, 1.165) is 11.1 Å². The van der Waals surface area contributed by atoms with Crippen LogP contribution in [0.3, 0.4) is 0 Å². The van der Waals surface area contributed by atoms with E-state index in [2.05, 4.69) is 11.0 Å². The van der Waals surface area contributed by atoms with Gasteiger partial charge in [0.05, 0.1) is 26.4 Å². The summed E-state index contributed by atoms with van der Waals surface area (Å²) < 4.78 is 5.43. The van der Waals surface area contributed by atoms with Crippen LogP contribution in [0.5, 0.6) is 0 Å². The van der Waals surface area contributed by atoms with E-state index < -0.39 is 5.54 Å². The molecule has 0 saturated carbocycles. The van der Waals surface area contributed by atoms with Crippen LogP contribution in [0.4, 0.5) is 0 Å². The molecule has 2 rings (SSSR count). The maximum atomic E-state index is 12.2. The molecule has 1 fully saturated rings. The van der Waals surface area contributed by atoms with Crippen LogP contribution in [-0.2, 0) is 19.9 Å². The van der Waals surface area contributed by atoms with E-state index in [9.17, 15) is 10.1 Å². The van der Waals surface area contributed by atoms with Crippen molar-refractivity contribution in [2.45, 2.75) is 25.3 Å². The van der Waals surface area contributed by atoms with Gasteiger partial charge in [0.25, 0.3) is 0 Å². The molecule has 1 unspecified atom stereocenters. The Morgan fingerprint density at radius 1 is 1.38 bits per heavy atom. The van der Waals surface area contributed by atoms with Gasteiger partial charge in [-0.15, -0.1) is 0 Å². The molecule has 6 heteroatoms. The first kappa shape index (κ1) is 18.4. The third-order valence-electron chi connectivity index (χ3n) is 4.59. The Kier molecular flexibility index (Phi) is 6.32. The number of nitrogens with zero attached hydrogens (tertiary/aromatic N) is 3. The summed E-state index contributed by atoms with van der Waals surface area (Å²) in [6.45, 7) is 4.57. The van der Waals surface area contributed by atoms with Crippen LogP contribution in [0, 0.1) is 18.3 Å². The number of carbonyl (C=O) groups excluding carboxylic acids is 1. The van der Waals surface area contributed by atoms with Gasteiger partial charge in [-0.1, -0.05) is 29.8 Å². The van der Waals surface area contributed by atoms with Crippen molar-refractivity contribution in [3.63, 3.8) is 0 Å². The molecule has 1 saturated heterocycles. The molecule has 0 bridgehead atoms. The van der Waals surface area contributed by atoms with Gasteiger partial charge in [0.15, 0.2) is 0 Å². The van der Waals surface area contributed by atoms with Crippen molar-refractivity contribution in [3.8, 4) is 6.07 Å². The van der Waals surface area contributed by atoms with Crippen molar-refractivity contribution in [2.75, 3.05) is 40.5 Å². The average Bonchev–Trinajstić information content (AvgIpc) is 2.63. The van der Waals surface area contributed by atoms with Crippen LogP contribution in [-0.4, -0.2) is 56.3 Å². The van der Waals surface area contributed by atoms with Gasteiger partial charge in [-0.3, -0.25) is 14.5 Å². The van der Waals surface area contributed by atoms with E-state index in [0.29, 0.717) is 32.7 Å². The lowest BCUT2D eigenvalue weighted by atomic mass is 9.84. The number of hydrogen-bond donors (Lipinski definition) is 0. The number of ether oxygens (including phenoxy) is 1. The Labute approximate surface area is 143 Å². The lowest BCUT2D eigenvalue weighted by Crippen LogP contribution is -2.51. The Balaban J connectivity index is 2.30. The fourth-order valence-corrected chi connectivity index (χ4v) is 3.00. The number of morpholine rings is 1. The lowest BCUT2D eigenvalue weighted by molar-refractivity contribution is -0.169. The summed E-state index contributed by atoms with van der Waals surface area (Å²) in [5.41, 5.74) is 1.23. The van der Waals surface area contributed by atoms with Crippen LogP contribution in [0.1, 0.15) is 24.0 Å². The molecular weight excluding hydrogens is 306 g/mol. The van der Waals surface area contributed by atoms with Gasteiger partial charge in [0.1, 0.15) is 5.54 Å². The van der Waals surface area contributed by atoms with Gasteiger partial charge in [0.2, 0.25) is 5.91 Å². The zero-order valence-electron chi connectivity index (χ0n) is 14.6. The maximum Gasteiger partial charge on any atom is 0.245 e. The number of nitriles is 1. The number of rotatable bonds is 6. The number of amides is 1. The lowest BCUT2D eigenvalue weighted by Gasteiger charge is -2.41. The Morgan fingerprint density at radius 3 is 2.54 bits per heavy atom. The monoisotopic (exact) mass is 331 g/mol. The van der Waals surface area contributed by atoms with E-state index in [1.807, 2.05) is 31.2 Å². The van der Waals surface area contributed by atoms with Gasteiger partial charge in [0, 0.05) is 26.6 Å². The Hall–Kier alpha value is -1.94. The number of benzene rings is 1. The predicted octanol–water partition coefficient (Wildman–Crippen LogP) is 1.85. The molecule has 0 spiro atoms. The number of aryl methyl sites for hydroxylation is 1. The highest BCUT2D eigenvalue weighted by Crippen LogP contribution is 2.34. The van der Waals surface area contributed by atoms with E-state index >= 15 is 0 Å². The molecule has 6 nitrogen and oxygen atoms in total. The molecule has 0 N–H and O–H groups in total. The smallest absolute Gasteiger partial charge is 0.245 e. The zero-order chi connectivity index (χ0) is 17.6. The first-order chi connectivity index (χ1) is 11.5. The van der Waals surface area contributed by atoms with Gasteiger partial charge in [-0.05, 0) is 18.9 Å². The van der Waals surface area contributed by atoms with Crippen LogP contribution >= 0.6 is 0 Å². The fourth-order valence-electron chi connectivity index (χ4n) is 3.00. The minimum Gasteiger partial charge on any atom is -0.379 e. The van der Waals surface area contributed by atoms with Crippen molar-refractivity contribution in [2.24, 2.45) is 0 Å². The van der Waals surface area contributed by atoms with E-state index in [4.69, 9.17) is 9.57 Å². The Bertz CT molecular complexity index is 591. The van der Waals surface area contributed by atoms with Gasteiger partial charge >= 0.3 is 0 Å². The van der Waals surface area contributed by atoms with E-state index in [1.54, 1.807) is 7.05 Å². The third kappa shape index (κ3) is 3.93. The second-order valence-electron chi connectivity index (χ2n) is 6.01. The normalized spacial score (nSPS) is 17.8. The predicted molar refractivity (Wildman–Crippen MR) is 89.9 cm³/mol. The highest BCUT2D eigenvalue weighted by atomic mass is 16.7. The molecule has 1 aromatic carbocycles. The molecule has 1 heterocycles. The average molecular weight is 331 g/mol. The molecule has 24 heavy (non-hydrogen) atoms. The molecule has 1 amide bonds. The molecule has 0 aromatic heterocycles. The fraction of sp³-hybridized carbons (Fsp3) is 0.556.